The lowest BCUT2D eigenvalue weighted by atomic mass is 10.1. The Morgan fingerprint density at radius 3 is 2.45 bits per heavy atom. The molecule has 4 aromatic rings. The van der Waals surface area contributed by atoms with E-state index in [4.69, 9.17) is 0 Å². The van der Waals surface area contributed by atoms with Gasteiger partial charge in [0.25, 0.3) is 0 Å². The van der Waals surface area contributed by atoms with Crippen molar-refractivity contribution in [3.63, 3.8) is 0 Å². The number of benzene rings is 2. The molecule has 2 N–H and O–H groups in total. The van der Waals surface area contributed by atoms with Crippen molar-refractivity contribution in [2.75, 3.05) is 14.1 Å². The number of carboxylic acids is 1. The second-order valence-electron chi connectivity index (χ2n) is 8.51. The number of carboxylic acid groups (broad SMARTS) is 1. The van der Waals surface area contributed by atoms with Crippen LogP contribution in [0.4, 0.5) is 0 Å². The smallest absolute Gasteiger partial charge is 0.322 e. The Morgan fingerprint density at radius 2 is 1.82 bits per heavy atom. The molecule has 4 rings (SSSR count). The highest BCUT2D eigenvalue weighted by Crippen LogP contribution is 2.36. The fourth-order valence-electron chi connectivity index (χ4n) is 3.58. The Balaban J connectivity index is 1.69. The average Bonchev–Trinajstić information content (AvgIpc) is 3.34. The van der Waals surface area contributed by atoms with E-state index in [0.29, 0.717) is 6.54 Å². The van der Waals surface area contributed by atoms with Crippen molar-refractivity contribution >= 4 is 47.5 Å². The molecule has 0 aliphatic rings. The molecular formula is C22H25N5O4S2. The van der Waals surface area contributed by atoms with Crippen LogP contribution in [0.3, 0.4) is 0 Å². The summed E-state index contributed by atoms with van der Waals surface area (Å²) in [4.78, 5) is 13.5. The first-order valence-electron chi connectivity index (χ1n) is 10.3. The zero-order valence-corrected chi connectivity index (χ0v) is 20.3. The van der Waals surface area contributed by atoms with Crippen molar-refractivity contribution in [3.05, 3.63) is 48.3 Å². The first-order chi connectivity index (χ1) is 15.5. The van der Waals surface area contributed by atoms with Gasteiger partial charge >= 0.3 is 5.97 Å². The summed E-state index contributed by atoms with van der Waals surface area (Å²) >= 11 is 1.47. The summed E-state index contributed by atoms with van der Waals surface area (Å²) < 4.78 is 31.5. The van der Waals surface area contributed by atoms with Gasteiger partial charge in [-0.2, -0.15) is 4.72 Å². The third kappa shape index (κ3) is 4.76. The first kappa shape index (κ1) is 23.3. The van der Waals surface area contributed by atoms with Gasteiger partial charge < -0.3 is 10.0 Å². The average molecular weight is 488 g/mol. The van der Waals surface area contributed by atoms with Gasteiger partial charge in [0.15, 0.2) is 0 Å². The normalized spacial score (nSPS) is 13.4. The minimum Gasteiger partial charge on any atom is -0.480 e. The van der Waals surface area contributed by atoms with Gasteiger partial charge in [0.1, 0.15) is 6.04 Å². The highest BCUT2D eigenvalue weighted by atomic mass is 32.2. The summed E-state index contributed by atoms with van der Waals surface area (Å²) in [5, 5.41) is 19.7. The van der Waals surface area contributed by atoms with Crippen LogP contribution in [0.25, 0.3) is 25.9 Å². The fourth-order valence-corrected chi connectivity index (χ4v) is 6.20. The van der Waals surface area contributed by atoms with Gasteiger partial charge in [-0.3, -0.25) is 4.79 Å². The maximum Gasteiger partial charge on any atom is 0.322 e. The quantitative estimate of drug-likeness (QED) is 0.392. The Hall–Kier alpha value is -2.86. The topological polar surface area (TPSA) is 117 Å². The maximum absolute atomic E-state index is 12.8. The van der Waals surface area contributed by atoms with Crippen LogP contribution in [-0.2, 0) is 21.4 Å². The summed E-state index contributed by atoms with van der Waals surface area (Å²) in [7, 11) is -0.0491. The molecular weight excluding hydrogens is 462 g/mol. The summed E-state index contributed by atoms with van der Waals surface area (Å²) in [5.41, 5.74) is 1.72. The number of fused-ring (bicyclic) bond motifs is 3. The zero-order chi connectivity index (χ0) is 23.9. The third-order valence-corrected chi connectivity index (χ3v) is 7.79. The molecule has 33 heavy (non-hydrogen) atoms. The minimum absolute atomic E-state index is 0.0401. The van der Waals surface area contributed by atoms with E-state index in [2.05, 4.69) is 15.0 Å². The van der Waals surface area contributed by atoms with Crippen LogP contribution >= 0.6 is 11.3 Å². The largest absolute Gasteiger partial charge is 0.480 e. The van der Waals surface area contributed by atoms with E-state index in [1.165, 1.54) is 17.4 Å². The minimum atomic E-state index is -3.99. The second kappa shape index (κ2) is 8.82. The molecule has 2 aromatic heterocycles. The van der Waals surface area contributed by atoms with Crippen molar-refractivity contribution in [3.8, 4) is 5.69 Å². The van der Waals surface area contributed by atoms with Crippen molar-refractivity contribution in [2.45, 2.75) is 31.3 Å². The number of rotatable bonds is 8. The van der Waals surface area contributed by atoms with Gasteiger partial charge in [-0.05, 0) is 44.3 Å². The van der Waals surface area contributed by atoms with Crippen LogP contribution in [0.15, 0.2) is 47.5 Å². The summed E-state index contributed by atoms with van der Waals surface area (Å²) in [6, 6.07) is 9.60. The van der Waals surface area contributed by atoms with Crippen molar-refractivity contribution in [2.24, 2.45) is 5.92 Å². The molecule has 0 aliphatic carbocycles. The lowest BCUT2D eigenvalue weighted by Crippen LogP contribution is -2.44. The van der Waals surface area contributed by atoms with Gasteiger partial charge in [0.2, 0.25) is 10.0 Å². The van der Waals surface area contributed by atoms with Crippen LogP contribution in [0.5, 0.6) is 0 Å². The molecule has 2 heterocycles. The molecule has 0 spiro atoms. The standard InChI is InChI=1S/C22H25N5O4S2/c1-13(2)21(22(28)29)24-33(30,31)16-6-8-18-17-7-5-15(9-19(17)32-20(18)10-16)27-12-14(23-25-27)11-26(3)4/h5-10,12-13,21,24H,11H2,1-4H3,(H,28,29)/t21-/m0/s1. The Labute approximate surface area is 195 Å². The van der Waals surface area contributed by atoms with E-state index >= 15 is 0 Å². The number of thiophene rings is 1. The molecule has 11 heteroatoms. The van der Waals surface area contributed by atoms with Gasteiger partial charge in [-0.15, -0.1) is 16.4 Å². The molecule has 2 aromatic carbocycles. The fraction of sp³-hybridized carbons (Fsp3) is 0.318. The number of carbonyl (C=O) groups is 1. The van der Waals surface area contributed by atoms with Crippen LogP contribution in [0, 0.1) is 5.92 Å². The van der Waals surface area contributed by atoms with Crippen molar-refractivity contribution < 1.29 is 18.3 Å². The molecule has 0 radical (unpaired) electrons. The lowest BCUT2D eigenvalue weighted by Gasteiger charge is -2.18. The predicted octanol–water partition coefficient (Wildman–Crippen LogP) is 3.08. The second-order valence-corrected chi connectivity index (χ2v) is 11.3. The molecule has 0 unspecified atom stereocenters. The van der Waals surface area contributed by atoms with E-state index in [1.54, 1.807) is 30.7 Å². The van der Waals surface area contributed by atoms with E-state index in [9.17, 15) is 18.3 Å². The number of sulfonamides is 1. The lowest BCUT2D eigenvalue weighted by molar-refractivity contribution is -0.140. The van der Waals surface area contributed by atoms with Crippen LogP contribution in [0.1, 0.15) is 19.5 Å². The number of nitrogens with one attached hydrogen (secondary N) is 1. The molecule has 0 bridgehead atoms. The van der Waals surface area contributed by atoms with Crippen molar-refractivity contribution in [1.82, 2.24) is 24.6 Å². The van der Waals surface area contributed by atoms with Crippen LogP contribution in [0.2, 0.25) is 0 Å². The molecule has 0 fully saturated rings. The molecule has 1 atom stereocenters. The predicted molar refractivity (Wildman–Crippen MR) is 128 cm³/mol. The molecule has 0 amide bonds. The van der Waals surface area contributed by atoms with Gasteiger partial charge in [-0.25, -0.2) is 13.1 Å². The molecule has 0 aliphatic heterocycles. The highest BCUT2D eigenvalue weighted by Gasteiger charge is 2.28. The third-order valence-electron chi connectivity index (χ3n) is 5.24. The number of aliphatic carboxylic acids is 1. The Bertz CT molecular complexity index is 1440. The SMILES string of the molecule is CC(C)[C@H](NS(=O)(=O)c1ccc2c(c1)sc1cc(-n3cc(CN(C)C)nn3)ccc12)C(=O)O. The Morgan fingerprint density at radius 1 is 1.15 bits per heavy atom. The number of hydrogen-bond acceptors (Lipinski definition) is 7. The highest BCUT2D eigenvalue weighted by molar-refractivity contribution is 7.89. The number of aromatic nitrogens is 3. The first-order valence-corrected chi connectivity index (χ1v) is 12.6. The molecule has 9 nitrogen and oxygen atoms in total. The molecule has 0 saturated heterocycles. The molecule has 0 saturated carbocycles. The van der Waals surface area contributed by atoms with E-state index < -0.39 is 28.0 Å². The van der Waals surface area contributed by atoms with E-state index in [0.717, 1.165) is 31.6 Å². The van der Waals surface area contributed by atoms with Gasteiger partial charge in [0.05, 0.1) is 22.5 Å². The summed E-state index contributed by atoms with van der Waals surface area (Å²) in [6.45, 7) is 4.01. The molecule has 174 valence electrons. The summed E-state index contributed by atoms with van der Waals surface area (Å²) in [6.07, 6.45) is 1.89. The van der Waals surface area contributed by atoms with Gasteiger partial charge in [-0.1, -0.05) is 31.2 Å². The Kier molecular flexibility index (Phi) is 6.23. The van der Waals surface area contributed by atoms with E-state index in [1.807, 2.05) is 43.4 Å². The number of nitrogens with zero attached hydrogens (tertiary/aromatic N) is 4. The monoisotopic (exact) mass is 487 g/mol. The number of hydrogen-bond donors (Lipinski definition) is 2. The van der Waals surface area contributed by atoms with Crippen LogP contribution < -0.4 is 4.72 Å². The van der Waals surface area contributed by atoms with E-state index in [-0.39, 0.29) is 4.90 Å². The maximum atomic E-state index is 12.8. The van der Waals surface area contributed by atoms with Crippen molar-refractivity contribution in [1.29, 1.82) is 0 Å². The van der Waals surface area contributed by atoms with Gasteiger partial charge in [0, 0.05) is 26.7 Å². The zero-order valence-electron chi connectivity index (χ0n) is 18.7. The summed E-state index contributed by atoms with van der Waals surface area (Å²) in [5.74, 6) is -1.59. The van der Waals surface area contributed by atoms with Crippen LogP contribution in [-0.4, -0.2) is 59.5 Å².